The van der Waals surface area contributed by atoms with Crippen molar-refractivity contribution in [3.63, 3.8) is 0 Å². The molecular formula is C22H19ClN2O4S. The second kappa shape index (κ2) is 8.08. The highest BCUT2D eigenvalue weighted by Gasteiger charge is 2.33. The van der Waals surface area contributed by atoms with Crippen LogP contribution in [0.5, 0.6) is 0 Å². The second-order valence-electron chi connectivity index (χ2n) is 6.80. The Bertz CT molecular complexity index is 1330. The number of furan rings is 1. The number of aryl methyl sites for hydroxylation is 1. The van der Waals surface area contributed by atoms with E-state index in [1.165, 1.54) is 15.9 Å². The van der Waals surface area contributed by atoms with Gasteiger partial charge >= 0.3 is 5.97 Å². The van der Waals surface area contributed by atoms with Crippen molar-refractivity contribution in [2.24, 2.45) is 4.99 Å². The van der Waals surface area contributed by atoms with Crippen molar-refractivity contribution in [1.29, 1.82) is 0 Å². The number of ether oxygens (including phenoxy) is 1. The molecule has 2 aromatic heterocycles. The van der Waals surface area contributed by atoms with Crippen molar-refractivity contribution in [3.8, 4) is 0 Å². The molecule has 0 saturated carbocycles. The molecule has 4 rings (SSSR count). The standard InChI is InChI=1S/C22H19ClN2O4S/c1-4-28-21(27)18-13(3)24-22-25(19(18)14-6-8-15(23)9-7-14)20(26)17(30-22)11-16-10-5-12(2)29-16/h5-11,19H,4H2,1-3H3/t19-/m1/s1. The largest absolute Gasteiger partial charge is 0.463 e. The SMILES string of the molecule is CCOC(=O)C1=C(C)N=c2sc(=Cc3ccc(C)o3)c(=O)n2[C@@H]1c1ccc(Cl)cc1. The smallest absolute Gasteiger partial charge is 0.338 e. The van der Waals surface area contributed by atoms with Crippen molar-refractivity contribution in [2.45, 2.75) is 26.8 Å². The first-order valence-corrected chi connectivity index (χ1v) is 10.6. The fraction of sp³-hybridized carbons (Fsp3) is 0.227. The molecule has 6 nitrogen and oxygen atoms in total. The molecule has 30 heavy (non-hydrogen) atoms. The monoisotopic (exact) mass is 442 g/mol. The molecule has 154 valence electrons. The Morgan fingerprint density at radius 1 is 1.27 bits per heavy atom. The zero-order valence-electron chi connectivity index (χ0n) is 16.6. The summed E-state index contributed by atoms with van der Waals surface area (Å²) in [6, 6.07) is 10.1. The Morgan fingerprint density at radius 3 is 2.63 bits per heavy atom. The van der Waals surface area contributed by atoms with Gasteiger partial charge in [0.25, 0.3) is 5.56 Å². The van der Waals surface area contributed by atoms with E-state index in [-0.39, 0.29) is 12.2 Å². The van der Waals surface area contributed by atoms with Crippen LogP contribution < -0.4 is 14.9 Å². The average molecular weight is 443 g/mol. The number of hydrogen-bond donors (Lipinski definition) is 0. The Hall–Kier alpha value is -2.90. The van der Waals surface area contributed by atoms with Crippen molar-refractivity contribution >= 4 is 35.0 Å². The van der Waals surface area contributed by atoms with Crippen LogP contribution in [0.3, 0.4) is 0 Å². The molecule has 0 radical (unpaired) electrons. The van der Waals surface area contributed by atoms with Crippen LogP contribution in [0.15, 0.2) is 61.9 Å². The average Bonchev–Trinajstić information content (AvgIpc) is 3.24. The number of aromatic nitrogens is 1. The number of fused-ring (bicyclic) bond motifs is 1. The molecule has 0 bridgehead atoms. The van der Waals surface area contributed by atoms with Gasteiger partial charge in [0.1, 0.15) is 11.5 Å². The van der Waals surface area contributed by atoms with Crippen LogP contribution in [-0.4, -0.2) is 17.1 Å². The minimum absolute atomic E-state index is 0.227. The number of nitrogens with zero attached hydrogens (tertiary/aromatic N) is 2. The van der Waals surface area contributed by atoms with Crippen LogP contribution >= 0.6 is 22.9 Å². The Labute approximate surface area is 181 Å². The molecule has 0 spiro atoms. The maximum atomic E-state index is 13.3. The van der Waals surface area contributed by atoms with Crippen molar-refractivity contribution in [3.05, 3.63) is 89.5 Å². The van der Waals surface area contributed by atoms with Crippen LogP contribution in [0.25, 0.3) is 6.08 Å². The quantitative estimate of drug-likeness (QED) is 0.581. The summed E-state index contributed by atoms with van der Waals surface area (Å²) in [6.45, 7) is 5.56. The molecular weight excluding hydrogens is 424 g/mol. The first-order valence-electron chi connectivity index (χ1n) is 9.40. The Balaban J connectivity index is 1.96. The van der Waals surface area contributed by atoms with Crippen molar-refractivity contribution in [2.75, 3.05) is 6.61 Å². The number of carbonyl (C=O) groups excluding carboxylic acids is 1. The number of benzene rings is 1. The maximum Gasteiger partial charge on any atom is 0.338 e. The van der Waals surface area contributed by atoms with Gasteiger partial charge < -0.3 is 9.15 Å². The van der Waals surface area contributed by atoms with Crippen LogP contribution in [0.2, 0.25) is 5.02 Å². The summed E-state index contributed by atoms with van der Waals surface area (Å²) in [4.78, 5) is 31.2. The fourth-order valence-corrected chi connectivity index (χ4v) is 4.56. The van der Waals surface area contributed by atoms with Crippen molar-refractivity contribution in [1.82, 2.24) is 4.57 Å². The second-order valence-corrected chi connectivity index (χ2v) is 8.25. The number of rotatable bonds is 4. The number of esters is 1. The van der Waals surface area contributed by atoms with Gasteiger partial charge in [-0.25, -0.2) is 9.79 Å². The van der Waals surface area contributed by atoms with Gasteiger partial charge in [-0.15, -0.1) is 0 Å². The molecule has 1 aromatic carbocycles. The number of halogens is 1. The van der Waals surface area contributed by atoms with Gasteiger partial charge in [-0.1, -0.05) is 35.1 Å². The maximum absolute atomic E-state index is 13.3. The summed E-state index contributed by atoms with van der Waals surface area (Å²) in [5.74, 6) is 0.852. The van der Waals surface area contributed by atoms with E-state index in [0.29, 0.717) is 31.4 Å². The molecule has 8 heteroatoms. The van der Waals surface area contributed by atoms with E-state index in [0.717, 1.165) is 11.3 Å². The third-order valence-electron chi connectivity index (χ3n) is 4.74. The zero-order chi connectivity index (χ0) is 21.4. The van der Waals surface area contributed by atoms with E-state index in [4.69, 9.17) is 20.8 Å². The Kier molecular flexibility index (Phi) is 5.49. The van der Waals surface area contributed by atoms with E-state index in [1.54, 1.807) is 50.3 Å². The molecule has 0 unspecified atom stereocenters. The van der Waals surface area contributed by atoms with Gasteiger partial charge in [-0.05, 0) is 50.6 Å². The predicted molar refractivity (Wildman–Crippen MR) is 115 cm³/mol. The van der Waals surface area contributed by atoms with Gasteiger partial charge in [0.2, 0.25) is 0 Å². The summed E-state index contributed by atoms with van der Waals surface area (Å²) >= 11 is 7.31. The molecule has 1 aliphatic heterocycles. The lowest BCUT2D eigenvalue weighted by molar-refractivity contribution is -0.139. The fourth-order valence-electron chi connectivity index (χ4n) is 3.41. The number of carbonyl (C=O) groups is 1. The highest BCUT2D eigenvalue weighted by atomic mass is 35.5. The van der Waals surface area contributed by atoms with E-state index in [1.807, 2.05) is 13.0 Å². The molecule has 0 amide bonds. The third kappa shape index (κ3) is 3.66. The lowest BCUT2D eigenvalue weighted by atomic mass is 9.96. The summed E-state index contributed by atoms with van der Waals surface area (Å²) in [5, 5.41) is 0.567. The lowest BCUT2D eigenvalue weighted by Crippen LogP contribution is -2.39. The van der Waals surface area contributed by atoms with Gasteiger partial charge in [0.05, 0.1) is 28.5 Å². The molecule has 0 saturated heterocycles. The normalized spacial score (nSPS) is 16.4. The number of hydrogen-bond acceptors (Lipinski definition) is 6. The third-order valence-corrected chi connectivity index (χ3v) is 5.97. The summed E-state index contributed by atoms with van der Waals surface area (Å²) in [5.41, 5.74) is 1.36. The molecule has 1 aliphatic rings. The lowest BCUT2D eigenvalue weighted by Gasteiger charge is -2.24. The van der Waals surface area contributed by atoms with Gasteiger partial charge in [-0.3, -0.25) is 9.36 Å². The number of allylic oxidation sites excluding steroid dienone is 1. The van der Waals surface area contributed by atoms with Crippen LogP contribution in [-0.2, 0) is 9.53 Å². The molecule has 3 aromatic rings. The van der Waals surface area contributed by atoms with Gasteiger partial charge in [0, 0.05) is 11.1 Å². The summed E-state index contributed by atoms with van der Waals surface area (Å²) in [7, 11) is 0. The predicted octanol–water partition coefficient (Wildman–Crippen LogP) is 3.35. The van der Waals surface area contributed by atoms with E-state index < -0.39 is 12.0 Å². The van der Waals surface area contributed by atoms with Gasteiger partial charge in [-0.2, -0.15) is 0 Å². The van der Waals surface area contributed by atoms with Crippen molar-refractivity contribution < 1.29 is 13.9 Å². The minimum Gasteiger partial charge on any atom is -0.463 e. The van der Waals surface area contributed by atoms with Crippen LogP contribution in [0.1, 0.15) is 37.0 Å². The highest BCUT2D eigenvalue weighted by Crippen LogP contribution is 2.31. The highest BCUT2D eigenvalue weighted by molar-refractivity contribution is 7.07. The molecule has 3 heterocycles. The van der Waals surface area contributed by atoms with E-state index in [2.05, 4.69) is 4.99 Å². The van der Waals surface area contributed by atoms with Crippen LogP contribution in [0.4, 0.5) is 0 Å². The first kappa shape index (κ1) is 20.4. The topological polar surface area (TPSA) is 73.8 Å². The first-order chi connectivity index (χ1) is 14.4. The summed E-state index contributed by atoms with van der Waals surface area (Å²) in [6.07, 6.45) is 1.69. The molecule has 0 N–H and O–H groups in total. The van der Waals surface area contributed by atoms with Gasteiger partial charge in [0.15, 0.2) is 4.80 Å². The molecule has 0 fully saturated rings. The zero-order valence-corrected chi connectivity index (χ0v) is 18.2. The van der Waals surface area contributed by atoms with Crippen LogP contribution in [0, 0.1) is 6.92 Å². The van der Waals surface area contributed by atoms with E-state index in [9.17, 15) is 9.59 Å². The molecule has 0 aliphatic carbocycles. The summed E-state index contributed by atoms with van der Waals surface area (Å²) < 4.78 is 12.9. The Morgan fingerprint density at radius 2 is 2.00 bits per heavy atom. The minimum atomic E-state index is -0.655. The molecule has 1 atom stereocenters. The number of thiazole rings is 1. The van der Waals surface area contributed by atoms with E-state index >= 15 is 0 Å².